The van der Waals surface area contributed by atoms with Gasteiger partial charge < -0.3 is 14.0 Å². The second kappa shape index (κ2) is 5.99. The molecule has 0 N–H and O–H groups in total. The summed E-state index contributed by atoms with van der Waals surface area (Å²) in [7, 11) is 0. The Labute approximate surface area is 146 Å². The minimum Gasteiger partial charge on any atom is -0.454 e. The van der Waals surface area contributed by atoms with E-state index in [1.165, 1.54) is 11.3 Å². The lowest BCUT2D eigenvalue weighted by molar-refractivity contribution is -0.141. The van der Waals surface area contributed by atoms with Gasteiger partial charge in [0, 0.05) is 31.5 Å². The van der Waals surface area contributed by atoms with Crippen molar-refractivity contribution in [3.05, 3.63) is 16.9 Å². The Balaban J connectivity index is 1.70. The lowest BCUT2D eigenvalue weighted by Crippen LogP contribution is -2.34. The third-order valence-corrected chi connectivity index (χ3v) is 5.20. The van der Waals surface area contributed by atoms with Crippen molar-refractivity contribution in [2.24, 2.45) is 4.99 Å². The molecule has 1 aromatic carbocycles. The van der Waals surface area contributed by atoms with Crippen LogP contribution in [-0.2, 0) is 20.9 Å². The molecule has 25 heavy (non-hydrogen) atoms. The molecule has 3 heterocycles. The minimum atomic E-state index is -0.516. The van der Waals surface area contributed by atoms with E-state index in [0.717, 1.165) is 15.1 Å². The number of benzene rings is 1. The number of hydrogen-bond acceptors (Lipinski definition) is 6. The highest BCUT2D eigenvalue weighted by Crippen LogP contribution is 2.36. The van der Waals surface area contributed by atoms with E-state index in [9.17, 15) is 14.4 Å². The summed E-state index contributed by atoms with van der Waals surface area (Å²) in [6.45, 7) is 2.46. The summed E-state index contributed by atoms with van der Waals surface area (Å²) in [5.74, 6) is 0.178. The first kappa shape index (κ1) is 15.8. The smallest absolute Gasteiger partial charge is 0.268 e. The summed E-state index contributed by atoms with van der Waals surface area (Å²) in [6.07, 6.45) is 0.324. The van der Waals surface area contributed by atoms with Crippen molar-refractivity contribution < 1.29 is 23.9 Å². The van der Waals surface area contributed by atoms with Gasteiger partial charge in [0.1, 0.15) is 6.54 Å². The molecule has 130 valence electrons. The van der Waals surface area contributed by atoms with E-state index in [0.29, 0.717) is 22.8 Å². The fraction of sp³-hybridized carbons (Fsp3) is 0.375. The number of carbonyl (C=O) groups is 3. The summed E-state index contributed by atoms with van der Waals surface area (Å²) < 4.78 is 13.6. The maximum absolute atomic E-state index is 12.2. The Bertz CT molecular complexity index is 958. The van der Waals surface area contributed by atoms with Gasteiger partial charge in [-0.1, -0.05) is 11.3 Å². The molecule has 1 saturated heterocycles. The van der Waals surface area contributed by atoms with E-state index >= 15 is 0 Å². The van der Waals surface area contributed by atoms with Crippen LogP contribution < -0.4 is 14.3 Å². The van der Waals surface area contributed by atoms with Crippen molar-refractivity contribution in [1.82, 2.24) is 9.47 Å². The van der Waals surface area contributed by atoms with Gasteiger partial charge in [0.2, 0.25) is 18.6 Å². The zero-order valence-corrected chi connectivity index (χ0v) is 14.3. The van der Waals surface area contributed by atoms with E-state index in [-0.39, 0.29) is 38.0 Å². The van der Waals surface area contributed by atoms with Crippen LogP contribution in [0.2, 0.25) is 0 Å². The molecule has 4 rings (SSSR count). The number of thiazole rings is 1. The molecular formula is C16H15N3O5S. The topological polar surface area (TPSA) is 90.2 Å². The molecule has 2 aliphatic heterocycles. The quantitative estimate of drug-likeness (QED) is 0.762. The number of carbonyl (C=O) groups excluding carboxylic acids is 3. The van der Waals surface area contributed by atoms with Crippen molar-refractivity contribution >= 4 is 39.3 Å². The third-order valence-electron chi connectivity index (χ3n) is 4.16. The van der Waals surface area contributed by atoms with Crippen molar-refractivity contribution in [1.29, 1.82) is 0 Å². The van der Waals surface area contributed by atoms with Gasteiger partial charge >= 0.3 is 0 Å². The fourth-order valence-electron chi connectivity index (χ4n) is 2.93. The van der Waals surface area contributed by atoms with Crippen LogP contribution >= 0.6 is 11.3 Å². The molecule has 8 nitrogen and oxygen atoms in total. The van der Waals surface area contributed by atoms with Gasteiger partial charge in [-0.15, -0.1) is 0 Å². The lowest BCUT2D eigenvalue weighted by atomic mass is 10.3. The van der Waals surface area contributed by atoms with Gasteiger partial charge in [0.15, 0.2) is 16.3 Å². The highest BCUT2D eigenvalue weighted by molar-refractivity contribution is 7.16. The second-order valence-corrected chi connectivity index (χ2v) is 6.69. The molecule has 0 spiro atoms. The average Bonchev–Trinajstić information content (AvgIpc) is 3.25. The van der Waals surface area contributed by atoms with Crippen molar-refractivity contribution in [3.63, 3.8) is 0 Å². The second-order valence-electron chi connectivity index (χ2n) is 5.68. The molecule has 2 aromatic rings. The number of aromatic nitrogens is 1. The van der Waals surface area contributed by atoms with Gasteiger partial charge in [-0.25, -0.2) is 0 Å². The van der Waals surface area contributed by atoms with Crippen LogP contribution in [0.25, 0.3) is 10.2 Å². The van der Waals surface area contributed by atoms with Gasteiger partial charge in [-0.3, -0.25) is 19.3 Å². The number of rotatable bonds is 3. The Morgan fingerprint density at radius 3 is 2.56 bits per heavy atom. The summed E-state index contributed by atoms with van der Waals surface area (Å²) in [4.78, 5) is 41.1. The molecule has 0 bridgehead atoms. The largest absolute Gasteiger partial charge is 0.454 e. The Hall–Kier alpha value is -2.68. The Kier molecular flexibility index (Phi) is 3.79. The van der Waals surface area contributed by atoms with Crippen LogP contribution in [-0.4, -0.2) is 40.5 Å². The maximum Gasteiger partial charge on any atom is 0.268 e. The minimum absolute atomic E-state index is 0.162. The van der Waals surface area contributed by atoms with Gasteiger partial charge in [-0.05, 0) is 6.92 Å². The third kappa shape index (κ3) is 2.70. The zero-order valence-electron chi connectivity index (χ0n) is 13.5. The lowest BCUT2D eigenvalue weighted by Gasteiger charge is -2.10. The van der Waals surface area contributed by atoms with Crippen LogP contribution in [0.5, 0.6) is 11.5 Å². The van der Waals surface area contributed by atoms with Crippen LogP contribution in [0.1, 0.15) is 19.8 Å². The Morgan fingerprint density at radius 1 is 1.20 bits per heavy atom. The van der Waals surface area contributed by atoms with E-state index in [2.05, 4.69) is 4.99 Å². The number of amides is 3. The molecule has 0 aliphatic carbocycles. The number of ether oxygens (including phenoxy) is 2. The fourth-order valence-corrected chi connectivity index (χ4v) is 4.05. The van der Waals surface area contributed by atoms with Crippen molar-refractivity contribution in [3.8, 4) is 11.5 Å². The SMILES string of the molecule is CCn1c(=NC(=O)CN2C(=O)CCC2=O)sc2cc3c(cc21)OCO3. The molecule has 1 aromatic heterocycles. The molecule has 0 radical (unpaired) electrons. The number of imide groups is 1. The summed E-state index contributed by atoms with van der Waals surface area (Å²) in [6, 6.07) is 3.74. The average molecular weight is 361 g/mol. The van der Waals surface area contributed by atoms with Crippen molar-refractivity contribution in [2.75, 3.05) is 13.3 Å². The standard InChI is InChI=1S/C16H15N3O5S/c1-2-18-9-5-10-11(24-8-23-10)6-12(9)25-16(18)17-13(20)7-19-14(21)3-4-15(19)22/h5-6H,2-4,7-8H2,1H3. The predicted molar refractivity (Wildman–Crippen MR) is 88.1 cm³/mol. The van der Waals surface area contributed by atoms with Gasteiger partial charge in [-0.2, -0.15) is 4.99 Å². The molecule has 0 unspecified atom stereocenters. The normalized spacial score (nSPS) is 17.2. The van der Waals surface area contributed by atoms with E-state index in [1.54, 1.807) is 0 Å². The Morgan fingerprint density at radius 2 is 1.88 bits per heavy atom. The number of aryl methyl sites for hydroxylation is 1. The first-order valence-electron chi connectivity index (χ1n) is 7.90. The summed E-state index contributed by atoms with van der Waals surface area (Å²) >= 11 is 1.35. The van der Waals surface area contributed by atoms with Crippen LogP contribution in [0.3, 0.4) is 0 Å². The number of nitrogens with zero attached hydrogens (tertiary/aromatic N) is 3. The van der Waals surface area contributed by atoms with E-state index < -0.39 is 5.91 Å². The highest BCUT2D eigenvalue weighted by Gasteiger charge is 2.30. The van der Waals surface area contributed by atoms with Gasteiger partial charge in [0.05, 0.1) is 10.2 Å². The molecule has 3 amide bonds. The van der Waals surface area contributed by atoms with Crippen molar-refractivity contribution in [2.45, 2.75) is 26.3 Å². The van der Waals surface area contributed by atoms with Crippen LogP contribution in [0.15, 0.2) is 17.1 Å². The molecular weight excluding hydrogens is 346 g/mol. The van der Waals surface area contributed by atoms with E-state index in [1.807, 2.05) is 23.6 Å². The first-order chi connectivity index (χ1) is 12.1. The van der Waals surface area contributed by atoms with E-state index in [4.69, 9.17) is 9.47 Å². The van der Waals surface area contributed by atoms with Crippen LogP contribution in [0, 0.1) is 0 Å². The number of hydrogen-bond donors (Lipinski definition) is 0. The molecule has 2 aliphatic rings. The number of fused-ring (bicyclic) bond motifs is 2. The summed E-state index contributed by atoms with van der Waals surface area (Å²) in [5, 5.41) is 0. The van der Waals surface area contributed by atoms with Gasteiger partial charge in [0.25, 0.3) is 5.91 Å². The first-order valence-corrected chi connectivity index (χ1v) is 8.72. The number of likely N-dealkylation sites (tertiary alicyclic amines) is 1. The molecule has 0 atom stereocenters. The monoisotopic (exact) mass is 361 g/mol. The van der Waals surface area contributed by atoms with Crippen LogP contribution in [0.4, 0.5) is 0 Å². The zero-order chi connectivity index (χ0) is 17.6. The maximum atomic E-state index is 12.2. The molecule has 9 heteroatoms. The summed E-state index contributed by atoms with van der Waals surface area (Å²) in [5.41, 5.74) is 0.900. The highest BCUT2D eigenvalue weighted by atomic mass is 32.1. The predicted octanol–water partition coefficient (Wildman–Crippen LogP) is 1.03. The molecule has 0 saturated carbocycles. The molecule has 1 fully saturated rings.